The molecule has 2 aliphatic carbocycles. The van der Waals surface area contributed by atoms with Crippen LogP contribution in [0.4, 0.5) is 0 Å². The summed E-state index contributed by atoms with van der Waals surface area (Å²) in [6, 6.07) is 0. The highest BCUT2D eigenvalue weighted by atomic mass is 16.3. The molecule has 0 saturated heterocycles. The van der Waals surface area contributed by atoms with Crippen molar-refractivity contribution in [3.05, 3.63) is 0 Å². The molecule has 0 bridgehead atoms. The lowest BCUT2D eigenvalue weighted by molar-refractivity contribution is -0.115. The Balaban J connectivity index is 1.86. The first-order valence-corrected chi connectivity index (χ1v) is 6.97. The third kappa shape index (κ3) is 2.79. The summed E-state index contributed by atoms with van der Waals surface area (Å²) in [4.78, 5) is 4.42. The van der Waals surface area contributed by atoms with Gasteiger partial charge in [-0.1, -0.05) is 6.42 Å². The van der Waals surface area contributed by atoms with Crippen LogP contribution in [0.1, 0.15) is 52.9 Å². The quantitative estimate of drug-likeness (QED) is 0.529. The van der Waals surface area contributed by atoms with Gasteiger partial charge in [-0.05, 0) is 51.9 Å². The molecule has 18 heavy (non-hydrogen) atoms. The molecule has 4 nitrogen and oxygen atoms in total. The van der Waals surface area contributed by atoms with E-state index in [0.29, 0.717) is 17.9 Å². The molecular weight excluding hydrogens is 226 g/mol. The molecule has 0 amide bonds. The van der Waals surface area contributed by atoms with Gasteiger partial charge < -0.3 is 16.2 Å². The molecule has 0 aromatic rings. The van der Waals surface area contributed by atoms with Crippen LogP contribution in [-0.4, -0.2) is 29.8 Å². The van der Waals surface area contributed by atoms with Gasteiger partial charge in [0.2, 0.25) is 0 Å². The van der Waals surface area contributed by atoms with Crippen LogP contribution in [-0.2, 0) is 0 Å². The van der Waals surface area contributed by atoms with E-state index >= 15 is 0 Å². The predicted molar refractivity (Wildman–Crippen MR) is 74.4 cm³/mol. The molecule has 2 saturated carbocycles. The maximum Gasteiger partial charge on any atom is 0.189 e. The van der Waals surface area contributed by atoms with Gasteiger partial charge in [-0.25, -0.2) is 0 Å². The highest BCUT2D eigenvalue weighted by Crippen LogP contribution is 2.64. The average molecular weight is 253 g/mol. The normalized spacial score (nSPS) is 25.4. The number of nitrogens with zero attached hydrogens (tertiary/aromatic N) is 1. The first-order valence-electron chi connectivity index (χ1n) is 6.97. The van der Waals surface area contributed by atoms with E-state index in [2.05, 4.69) is 31.1 Å². The topological polar surface area (TPSA) is 70.6 Å². The monoisotopic (exact) mass is 253 g/mol. The fourth-order valence-electron chi connectivity index (χ4n) is 3.52. The Hall–Kier alpha value is -0.770. The van der Waals surface area contributed by atoms with Gasteiger partial charge in [-0.3, -0.25) is 4.99 Å². The molecule has 0 aromatic heterocycles. The Morgan fingerprint density at radius 1 is 1.33 bits per heavy atom. The highest BCUT2D eigenvalue weighted by molar-refractivity contribution is 5.78. The fourth-order valence-corrected chi connectivity index (χ4v) is 3.52. The number of aliphatic hydroxyl groups is 1. The van der Waals surface area contributed by atoms with Crippen LogP contribution < -0.4 is 11.1 Å². The molecule has 4 heteroatoms. The van der Waals surface area contributed by atoms with E-state index in [4.69, 9.17) is 5.73 Å². The predicted octanol–water partition coefficient (Wildman–Crippen LogP) is 1.63. The summed E-state index contributed by atoms with van der Waals surface area (Å²) < 4.78 is 0. The Morgan fingerprint density at radius 3 is 2.33 bits per heavy atom. The molecule has 1 spiro atoms. The summed E-state index contributed by atoms with van der Waals surface area (Å²) in [5.41, 5.74) is 6.38. The van der Waals surface area contributed by atoms with E-state index in [-0.39, 0.29) is 17.6 Å². The van der Waals surface area contributed by atoms with Crippen molar-refractivity contribution in [3.8, 4) is 0 Å². The first kappa shape index (κ1) is 13.7. The number of hydrogen-bond donors (Lipinski definition) is 3. The summed E-state index contributed by atoms with van der Waals surface area (Å²) in [5, 5.41) is 12.8. The second-order valence-electron chi connectivity index (χ2n) is 7.44. The molecule has 4 N–H and O–H groups in total. The SMILES string of the molecule is CC(C)(C)NC(N)=NCC1(CO)CC2(CCC2)C1. The molecule has 2 fully saturated rings. The number of guanidine groups is 1. The summed E-state index contributed by atoms with van der Waals surface area (Å²) >= 11 is 0. The third-order valence-electron chi connectivity index (χ3n) is 4.34. The van der Waals surface area contributed by atoms with E-state index in [1.807, 2.05) is 0 Å². The van der Waals surface area contributed by atoms with Gasteiger partial charge in [-0.15, -0.1) is 0 Å². The molecular formula is C14H27N3O. The molecule has 0 aromatic carbocycles. The minimum absolute atomic E-state index is 0.00457. The van der Waals surface area contributed by atoms with Crippen LogP contribution in [0.2, 0.25) is 0 Å². The number of aliphatic hydroxyl groups excluding tert-OH is 1. The third-order valence-corrected chi connectivity index (χ3v) is 4.34. The molecule has 0 heterocycles. The van der Waals surface area contributed by atoms with Gasteiger partial charge in [0.1, 0.15) is 0 Å². The molecule has 2 rings (SSSR count). The van der Waals surface area contributed by atoms with E-state index < -0.39 is 0 Å². The van der Waals surface area contributed by atoms with Crippen molar-refractivity contribution in [2.75, 3.05) is 13.2 Å². The van der Waals surface area contributed by atoms with E-state index in [1.54, 1.807) is 0 Å². The Kier molecular flexibility index (Phi) is 3.34. The van der Waals surface area contributed by atoms with E-state index in [9.17, 15) is 5.11 Å². The lowest BCUT2D eigenvalue weighted by Crippen LogP contribution is -2.54. The fraction of sp³-hybridized carbons (Fsp3) is 0.929. The molecule has 104 valence electrons. The second-order valence-corrected chi connectivity index (χ2v) is 7.44. The van der Waals surface area contributed by atoms with Crippen LogP contribution in [0.25, 0.3) is 0 Å². The van der Waals surface area contributed by atoms with Gasteiger partial charge in [0, 0.05) is 11.0 Å². The smallest absolute Gasteiger partial charge is 0.189 e. The molecule has 0 radical (unpaired) electrons. The Labute approximate surface area is 110 Å². The van der Waals surface area contributed by atoms with Gasteiger partial charge in [-0.2, -0.15) is 0 Å². The van der Waals surface area contributed by atoms with Crippen LogP contribution in [0.5, 0.6) is 0 Å². The maximum absolute atomic E-state index is 9.60. The maximum atomic E-state index is 9.60. The summed E-state index contributed by atoms with van der Waals surface area (Å²) in [7, 11) is 0. The van der Waals surface area contributed by atoms with Crippen LogP contribution in [0, 0.1) is 10.8 Å². The molecule has 0 unspecified atom stereocenters. The number of aliphatic imine (C=N–C) groups is 1. The van der Waals surface area contributed by atoms with Crippen molar-refractivity contribution in [1.82, 2.24) is 5.32 Å². The summed E-state index contributed by atoms with van der Waals surface area (Å²) in [6.45, 7) is 7.07. The standard InChI is InChI=1S/C14H27N3O/c1-12(2,3)17-11(15)16-9-14(10-18)7-13(8-14)5-4-6-13/h18H,4-10H2,1-3H3,(H3,15,16,17). The van der Waals surface area contributed by atoms with Crippen LogP contribution >= 0.6 is 0 Å². The van der Waals surface area contributed by atoms with Gasteiger partial charge in [0.15, 0.2) is 5.96 Å². The van der Waals surface area contributed by atoms with Crippen LogP contribution in [0.3, 0.4) is 0 Å². The molecule has 0 atom stereocenters. The largest absolute Gasteiger partial charge is 0.396 e. The minimum atomic E-state index is -0.0607. The number of rotatable bonds is 3. The van der Waals surface area contributed by atoms with Crippen molar-refractivity contribution in [2.45, 2.75) is 58.4 Å². The van der Waals surface area contributed by atoms with Gasteiger partial charge >= 0.3 is 0 Å². The van der Waals surface area contributed by atoms with Crippen LogP contribution in [0.15, 0.2) is 4.99 Å². The van der Waals surface area contributed by atoms with E-state index in [0.717, 1.165) is 12.8 Å². The van der Waals surface area contributed by atoms with Crippen molar-refractivity contribution in [3.63, 3.8) is 0 Å². The Bertz CT molecular complexity index is 331. The summed E-state index contributed by atoms with van der Waals surface area (Å²) in [6.07, 6.45) is 6.30. The molecule has 0 aliphatic heterocycles. The minimum Gasteiger partial charge on any atom is -0.396 e. The summed E-state index contributed by atoms with van der Waals surface area (Å²) in [5.74, 6) is 0.491. The first-order chi connectivity index (χ1) is 8.28. The number of nitrogens with one attached hydrogen (secondary N) is 1. The van der Waals surface area contributed by atoms with Gasteiger partial charge in [0.25, 0.3) is 0 Å². The van der Waals surface area contributed by atoms with Crippen molar-refractivity contribution in [1.29, 1.82) is 0 Å². The zero-order valence-corrected chi connectivity index (χ0v) is 11.9. The van der Waals surface area contributed by atoms with Gasteiger partial charge in [0.05, 0.1) is 13.2 Å². The number of hydrogen-bond acceptors (Lipinski definition) is 2. The lowest BCUT2D eigenvalue weighted by Gasteiger charge is -2.60. The Morgan fingerprint density at radius 2 is 1.94 bits per heavy atom. The van der Waals surface area contributed by atoms with E-state index in [1.165, 1.54) is 19.3 Å². The number of nitrogens with two attached hydrogens (primary N) is 1. The molecule has 2 aliphatic rings. The van der Waals surface area contributed by atoms with Crippen molar-refractivity contribution < 1.29 is 5.11 Å². The second kappa shape index (κ2) is 4.41. The highest BCUT2D eigenvalue weighted by Gasteiger charge is 2.56. The lowest BCUT2D eigenvalue weighted by atomic mass is 9.45. The zero-order chi connectivity index (χ0) is 13.4. The van der Waals surface area contributed by atoms with Crippen molar-refractivity contribution in [2.24, 2.45) is 21.6 Å². The zero-order valence-electron chi connectivity index (χ0n) is 11.9. The average Bonchev–Trinajstić information content (AvgIpc) is 2.11. The van der Waals surface area contributed by atoms with Crippen molar-refractivity contribution >= 4 is 5.96 Å².